The number of carbonyl (C=O) groups excluding carboxylic acids is 2. The predicted molar refractivity (Wildman–Crippen MR) is 87.6 cm³/mol. The van der Waals surface area contributed by atoms with Crippen molar-refractivity contribution in [3.8, 4) is 0 Å². The van der Waals surface area contributed by atoms with Crippen molar-refractivity contribution in [2.75, 3.05) is 21.3 Å². The molecule has 0 amide bonds. The first-order chi connectivity index (χ1) is 12.3. The Morgan fingerprint density at radius 3 is 2.50 bits per heavy atom. The van der Waals surface area contributed by atoms with Crippen LogP contribution in [0.25, 0.3) is 0 Å². The third-order valence-electron chi connectivity index (χ3n) is 3.36. The Balaban J connectivity index is 2.10. The summed E-state index contributed by atoms with van der Waals surface area (Å²) in [4.78, 5) is 28.0. The molecule has 0 saturated heterocycles. The number of furan rings is 1. The summed E-state index contributed by atoms with van der Waals surface area (Å²) in [6.07, 6.45) is 0. The third kappa shape index (κ3) is 4.28. The summed E-state index contributed by atoms with van der Waals surface area (Å²) in [5.41, 5.74) is 0.0373. The molecule has 1 aromatic heterocycles. The van der Waals surface area contributed by atoms with Gasteiger partial charge < -0.3 is 13.9 Å². The number of benzene rings is 1. The highest BCUT2D eigenvalue weighted by Crippen LogP contribution is 2.17. The number of rotatable bonds is 7. The van der Waals surface area contributed by atoms with Crippen LogP contribution in [0.3, 0.4) is 0 Å². The zero-order chi connectivity index (χ0) is 19.3. The highest BCUT2D eigenvalue weighted by atomic mass is 32.2. The Morgan fingerprint density at radius 2 is 1.85 bits per heavy atom. The maximum Gasteiger partial charge on any atom is 0.373 e. The molecule has 0 aliphatic rings. The van der Waals surface area contributed by atoms with Gasteiger partial charge in [0.2, 0.25) is 5.76 Å². The van der Waals surface area contributed by atoms with Crippen molar-refractivity contribution in [2.24, 2.45) is 0 Å². The van der Waals surface area contributed by atoms with Gasteiger partial charge in [0.25, 0.3) is 10.0 Å². The number of sulfonamides is 1. The van der Waals surface area contributed by atoms with Crippen LogP contribution in [0.2, 0.25) is 0 Å². The molecule has 1 heterocycles. The van der Waals surface area contributed by atoms with Crippen molar-refractivity contribution >= 4 is 22.0 Å². The highest BCUT2D eigenvalue weighted by Gasteiger charge is 2.22. The van der Waals surface area contributed by atoms with Crippen molar-refractivity contribution in [3.05, 3.63) is 53.5 Å². The topological polar surface area (TPSA) is 112 Å². The summed E-state index contributed by atoms with van der Waals surface area (Å²) in [5, 5.41) is 0. The lowest BCUT2D eigenvalue weighted by molar-refractivity contribution is -0.0258. The van der Waals surface area contributed by atoms with Gasteiger partial charge in [-0.15, -0.1) is 0 Å². The second kappa shape index (κ2) is 8.13. The van der Waals surface area contributed by atoms with Crippen LogP contribution in [0, 0.1) is 0 Å². The molecule has 0 aliphatic carbocycles. The van der Waals surface area contributed by atoms with Gasteiger partial charge in [0, 0.05) is 7.05 Å². The molecule has 0 N–H and O–H groups in total. The molecule has 10 heteroatoms. The van der Waals surface area contributed by atoms with Crippen LogP contribution >= 0.6 is 0 Å². The van der Waals surface area contributed by atoms with Gasteiger partial charge in [-0.3, -0.25) is 4.84 Å². The van der Waals surface area contributed by atoms with Crippen molar-refractivity contribution in [1.29, 1.82) is 0 Å². The monoisotopic (exact) mass is 383 g/mol. The SMILES string of the molecule is COC(=O)c1ccc(COC(=O)c2cccc(S(=O)(=O)N(C)OC)c2)o1. The summed E-state index contributed by atoms with van der Waals surface area (Å²) in [7, 11) is -0.231. The average molecular weight is 383 g/mol. The summed E-state index contributed by atoms with van der Waals surface area (Å²) < 4.78 is 39.8. The molecule has 0 radical (unpaired) electrons. The van der Waals surface area contributed by atoms with E-state index in [0.717, 1.165) is 0 Å². The second-order valence-electron chi connectivity index (χ2n) is 4.96. The molecule has 2 rings (SSSR count). The van der Waals surface area contributed by atoms with E-state index in [0.29, 0.717) is 4.47 Å². The Bertz CT molecular complexity index is 902. The van der Waals surface area contributed by atoms with Gasteiger partial charge in [-0.25, -0.2) is 18.0 Å². The standard InChI is InChI=1S/C16H17NO8S/c1-17(23-3)26(20,21)13-6-4-5-11(9-13)15(18)24-10-12-7-8-14(25-12)16(19)22-2/h4-9H,10H2,1-3H3. The van der Waals surface area contributed by atoms with Crippen LogP contribution in [-0.2, 0) is 30.9 Å². The summed E-state index contributed by atoms with van der Waals surface area (Å²) >= 11 is 0. The number of ether oxygens (including phenoxy) is 2. The molecule has 26 heavy (non-hydrogen) atoms. The summed E-state index contributed by atoms with van der Waals surface area (Å²) in [5.74, 6) is -1.18. The van der Waals surface area contributed by atoms with Crippen LogP contribution in [-0.4, -0.2) is 46.1 Å². The molecule has 1 aromatic carbocycles. The molecule has 0 saturated carbocycles. The van der Waals surface area contributed by atoms with E-state index in [4.69, 9.17) is 9.15 Å². The lowest BCUT2D eigenvalue weighted by Crippen LogP contribution is -2.25. The smallest absolute Gasteiger partial charge is 0.373 e. The van der Waals surface area contributed by atoms with Crippen LogP contribution in [0.4, 0.5) is 0 Å². The van der Waals surface area contributed by atoms with Gasteiger partial charge in [0.1, 0.15) is 12.4 Å². The molecule has 2 aromatic rings. The minimum atomic E-state index is -3.89. The fraction of sp³-hybridized carbons (Fsp3) is 0.250. The molecule has 140 valence electrons. The van der Waals surface area contributed by atoms with Crippen molar-refractivity contribution in [2.45, 2.75) is 11.5 Å². The minimum absolute atomic E-state index is 0.0192. The predicted octanol–water partition coefficient (Wildman–Crippen LogP) is 1.61. The number of hydrogen-bond acceptors (Lipinski definition) is 8. The second-order valence-corrected chi connectivity index (χ2v) is 6.89. The number of nitrogens with zero attached hydrogens (tertiary/aromatic N) is 1. The number of hydroxylamine groups is 1. The Labute approximate surface area is 150 Å². The summed E-state index contributed by atoms with van der Waals surface area (Å²) in [6, 6.07) is 8.19. The molecular formula is C16H17NO8S. The molecule has 0 bridgehead atoms. The van der Waals surface area contributed by atoms with E-state index in [2.05, 4.69) is 9.57 Å². The average Bonchev–Trinajstić information content (AvgIpc) is 3.13. The van der Waals surface area contributed by atoms with Crippen molar-refractivity contribution in [1.82, 2.24) is 4.47 Å². The fourth-order valence-electron chi connectivity index (χ4n) is 1.92. The number of hydrogen-bond donors (Lipinski definition) is 0. The van der Waals surface area contributed by atoms with E-state index in [1.807, 2.05) is 0 Å². The summed E-state index contributed by atoms with van der Waals surface area (Å²) in [6.45, 7) is -0.231. The molecule has 0 unspecified atom stereocenters. The molecule has 0 spiro atoms. The van der Waals surface area contributed by atoms with Gasteiger partial charge in [0.15, 0.2) is 0 Å². The molecule has 0 atom stereocenters. The Morgan fingerprint density at radius 1 is 1.12 bits per heavy atom. The minimum Gasteiger partial charge on any atom is -0.463 e. The number of esters is 2. The van der Waals surface area contributed by atoms with E-state index in [9.17, 15) is 18.0 Å². The fourth-order valence-corrected chi connectivity index (χ4v) is 2.94. The first-order valence-electron chi connectivity index (χ1n) is 7.27. The lowest BCUT2D eigenvalue weighted by atomic mass is 10.2. The van der Waals surface area contributed by atoms with Crippen LogP contribution < -0.4 is 0 Å². The Kier molecular flexibility index (Phi) is 6.14. The normalized spacial score (nSPS) is 11.4. The Hall–Kier alpha value is -2.69. The maximum absolute atomic E-state index is 12.2. The first-order valence-corrected chi connectivity index (χ1v) is 8.71. The maximum atomic E-state index is 12.2. The van der Waals surface area contributed by atoms with E-state index in [-0.39, 0.29) is 28.6 Å². The molecule has 9 nitrogen and oxygen atoms in total. The quantitative estimate of drug-likeness (QED) is 0.523. The van der Waals surface area contributed by atoms with Crippen molar-refractivity contribution in [3.63, 3.8) is 0 Å². The van der Waals surface area contributed by atoms with E-state index < -0.39 is 22.0 Å². The van der Waals surface area contributed by atoms with E-state index in [1.54, 1.807) is 0 Å². The van der Waals surface area contributed by atoms with Crippen LogP contribution in [0.1, 0.15) is 26.7 Å². The molecule has 0 fully saturated rings. The van der Waals surface area contributed by atoms with Gasteiger partial charge in [0.05, 0.1) is 24.7 Å². The molecular weight excluding hydrogens is 366 g/mol. The van der Waals surface area contributed by atoms with Crippen LogP contribution in [0.15, 0.2) is 45.7 Å². The van der Waals surface area contributed by atoms with Gasteiger partial charge in [-0.05, 0) is 30.3 Å². The number of carbonyl (C=O) groups is 2. The lowest BCUT2D eigenvalue weighted by Gasteiger charge is -2.14. The van der Waals surface area contributed by atoms with E-state index in [1.165, 1.54) is 57.7 Å². The third-order valence-corrected chi connectivity index (χ3v) is 5.03. The number of methoxy groups -OCH3 is 1. The highest BCUT2D eigenvalue weighted by molar-refractivity contribution is 7.89. The largest absolute Gasteiger partial charge is 0.463 e. The first kappa shape index (κ1) is 19.6. The van der Waals surface area contributed by atoms with Crippen molar-refractivity contribution < 1.29 is 36.7 Å². The zero-order valence-electron chi connectivity index (χ0n) is 14.3. The van der Waals surface area contributed by atoms with Crippen LogP contribution in [0.5, 0.6) is 0 Å². The van der Waals surface area contributed by atoms with Gasteiger partial charge in [-0.2, -0.15) is 0 Å². The van der Waals surface area contributed by atoms with Gasteiger partial charge in [-0.1, -0.05) is 10.5 Å². The van der Waals surface area contributed by atoms with E-state index >= 15 is 0 Å². The molecule has 0 aliphatic heterocycles. The van der Waals surface area contributed by atoms with Gasteiger partial charge >= 0.3 is 11.9 Å². The zero-order valence-corrected chi connectivity index (χ0v) is 15.1.